The number of nitrogens with one attached hydrogen (secondary N) is 3. The molecule has 0 saturated carbocycles. The van der Waals surface area contributed by atoms with Crippen LogP contribution in [0.1, 0.15) is 30.4 Å². The van der Waals surface area contributed by atoms with Crippen LogP contribution < -0.4 is 20.9 Å². The molecule has 3 amide bonds. The Labute approximate surface area is 204 Å². The molecule has 9 nitrogen and oxygen atoms in total. The molecule has 2 aromatic rings. The van der Waals surface area contributed by atoms with E-state index in [0.717, 1.165) is 9.47 Å². The third kappa shape index (κ3) is 7.64. The molecule has 1 fully saturated rings. The second kappa shape index (κ2) is 10.9. The van der Waals surface area contributed by atoms with E-state index in [1.165, 1.54) is 16.2 Å². The number of carbonyl (C=O) groups excluding carboxylic acids is 3. The topological polar surface area (TPSA) is 109 Å². The van der Waals surface area contributed by atoms with Crippen LogP contribution in [0.3, 0.4) is 0 Å². The fourth-order valence-corrected chi connectivity index (χ4v) is 4.32. The molecule has 0 aliphatic carbocycles. The van der Waals surface area contributed by atoms with E-state index in [4.69, 9.17) is 9.47 Å². The lowest BCUT2D eigenvalue weighted by atomic mass is 10.2. The van der Waals surface area contributed by atoms with Gasteiger partial charge in [-0.25, -0.2) is 9.59 Å². The summed E-state index contributed by atoms with van der Waals surface area (Å²) in [5, 5.41) is 8.68. The number of ether oxygens (including phenoxy) is 2. The quantitative estimate of drug-likeness (QED) is 0.434. The summed E-state index contributed by atoms with van der Waals surface area (Å²) in [6.45, 7) is 6.94. The molecule has 1 aliphatic heterocycles. The van der Waals surface area contributed by atoms with E-state index < -0.39 is 23.9 Å². The Morgan fingerprint density at radius 3 is 2.52 bits per heavy atom. The number of carbonyl (C=O) groups is 3. The van der Waals surface area contributed by atoms with Crippen LogP contribution in [0.2, 0.25) is 0 Å². The number of hydrogen-bond donors (Lipinski definition) is 3. The predicted molar refractivity (Wildman–Crippen MR) is 131 cm³/mol. The summed E-state index contributed by atoms with van der Waals surface area (Å²) in [4.78, 5) is 38.2. The van der Waals surface area contributed by atoms with Crippen molar-refractivity contribution in [2.45, 2.75) is 32.5 Å². The number of hydrogen-bond acceptors (Lipinski definition) is 7. The Morgan fingerprint density at radius 1 is 1.15 bits per heavy atom. The first-order valence-electron chi connectivity index (χ1n) is 10.4. The molecule has 1 aromatic carbocycles. The van der Waals surface area contributed by atoms with E-state index in [1.54, 1.807) is 6.07 Å². The second-order valence-electron chi connectivity index (χ2n) is 8.33. The fraction of sp³-hybridized carbons (Fsp3) is 0.409. The normalized spacial score (nSPS) is 15.7. The molecule has 33 heavy (non-hydrogen) atoms. The number of amides is 3. The van der Waals surface area contributed by atoms with E-state index >= 15 is 0 Å². The number of nitrogens with zero attached hydrogens (tertiary/aromatic N) is 1. The summed E-state index contributed by atoms with van der Waals surface area (Å²) in [6, 6.07) is 10.9. The van der Waals surface area contributed by atoms with Crippen molar-refractivity contribution in [2.24, 2.45) is 0 Å². The van der Waals surface area contributed by atoms with Crippen LogP contribution in [0.15, 0.2) is 40.2 Å². The van der Waals surface area contributed by atoms with E-state index in [1.807, 2.05) is 51.1 Å². The third-order valence-electron chi connectivity index (χ3n) is 4.46. The van der Waals surface area contributed by atoms with Crippen LogP contribution in [0.25, 0.3) is 0 Å². The highest BCUT2D eigenvalue weighted by molar-refractivity contribution is 9.11. The standard InChI is InChI=1S/C22H27BrN4O5S/c1-22(2,3)32-20(29)25-11-10-24-14-4-6-15(7-5-14)27-13-16(31-21(27)30)12-26-19(28)17-8-9-18(23)33-17/h4-9,16,24H,10-13H2,1-3H3,(H,25,29)(H,26,28)/t16-/m0/s1. The number of cyclic esters (lactones) is 1. The number of rotatable bonds is 8. The molecule has 2 heterocycles. The van der Waals surface area contributed by atoms with Gasteiger partial charge in [-0.05, 0) is 73.1 Å². The van der Waals surface area contributed by atoms with Gasteiger partial charge in [0.25, 0.3) is 5.91 Å². The van der Waals surface area contributed by atoms with Gasteiger partial charge in [0.2, 0.25) is 0 Å². The van der Waals surface area contributed by atoms with Crippen molar-refractivity contribution in [3.8, 4) is 0 Å². The minimum Gasteiger partial charge on any atom is -0.444 e. The molecule has 1 atom stereocenters. The Kier molecular flexibility index (Phi) is 8.20. The SMILES string of the molecule is CC(C)(C)OC(=O)NCCNc1ccc(N2C[C@H](CNC(=O)c3ccc(Br)s3)OC2=O)cc1. The first kappa shape index (κ1) is 24.8. The van der Waals surface area contributed by atoms with Gasteiger partial charge >= 0.3 is 12.2 Å². The van der Waals surface area contributed by atoms with Crippen molar-refractivity contribution in [1.29, 1.82) is 0 Å². The molecule has 3 N–H and O–H groups in total. The minimum absolute atomic E-state index is 0.197. The van der Waals surface area contributed by atoms with Crippen LogP contribution in [-0.4, -0.2) is 56.0 Å². The molecule has 1 saturated heterocycles. The van der Waals surface area contributed by atoms with Gasteiger partial charge in [-0.3, -0.25) is 9.69 Å². The highest BCUT2D eigenvalue weighted by Gasteiger charge is 2.32. The highest BCUT2D eigenvalue weighted by Crippen LogP contribution is 2.24. The molecule has 0 unspecified atom stereocenters. The monoisotopic (exact) mass is 538 g/mol. The first-order chi connectivity index (χ1) is 15.6. The summed E-state index contributed by atoms with van der Waals surface area (Å²) in [6.07, 6.45) is -1.34. The van der Waals surface area contributed by atoms with Crippen molar-refractivity contribution >= 4 is 56.7 Å². The molecular weight excluding hydrogens is 512 g/mol. The van der Waals surface area contributed by atoms with Crippen LogP contribution >= 0.6 is 27.3 Å². The van der Waals surface area contributed by atoms with Gasteiger partial charge in [0.1, 0.15) is 11.7 Å². The van der Waals surface area contributed by atoms with Crippen LogP contribution in [0.4, 0.5) is 21.0 Å². The molecule has 11 heteroatoms. The summed E-state index contributed by atoms with van der Waals surface area (Å²) in [5.74, 6) is -0.197. The van der Waals surface area contributed by atoms with Crippen molar-refractivity contribution in [1.82, 2.24) is 10.6 Å². The average Bonchev–Trinajstić information content (AvgIpc) is 3.34. The van der Waals surface area contributed by atoms with Gasteiger partial charge in [-0.2, -0.15) is 0 Å². The van der Waals surface area contributed by atoms with Gasteiger partial charge in [0.05, 0.1) is 21.8 Å². The maximum absolute atomic E-state index is 12.3. The number of alkyl carbamates (subject to hydrolysis) is 1. The number of halogens is 1. The molecule has 1 aromatic heterocycles. The zero-order chi connectivity index (χ0) is 24.0. The number of benzene rings is 1. The summed E-state index contributed by atoms with van der Waals surface area (Å²) in [7, 11) is 0. The summed E-state index contributed by atoms with van der Waals surface area (Å²) < 4.78 is 11.4. The smallest absolute Gasteiger partial charge is 0.414 e. The zero-order valence-electron chi connectivity index (χ0n) is 18.6. The van der Waals surface area contributed by atoms with Crippen molar-refractivity contribution in [2.75, 3.05) is 36.4 Å². The summed E-state index contributed by atoms with van der Waals surface area (Å²) in [5.41, 5.74) is 1.02. The van der Waals surface area contributed by atoms with Gasteiger partial charge in [0.15, 0.2) is 0 Å². The second-order valence-corrected chi connectivity index (χ2v) is 10.8. The van der Waals surface area contributed by atoms with E-state index in [-0.39, 0.29) is 12.5 Å². The number of anilines is 2. The minimum atomic E-state index is -0.532. The maximum Gasteiger partial charge on any atom is 0.414 e. The van der Waals surface area contributed by atoms with Crippen LogP contribution in [-0.2, 0) is 9.47 Å². The predicted octanol–water partition coefficient (Wildman–Crippen LogP) is 4.20. The van der Waals surface area contributed by atoms with Gasteiger partial charge in [-0.15, -0.1) is 11.3 Å². The Hall–Kier alpha value is -2.79. The molecule has 1 aliphatic rings. The van der Waals surface area contributed by atoms with Crippen molar-refractivity contribution in [3.05, 3.63) is 45.1 Å². The lowest BCUT2D eigenvalue weighted by Gasteiger charge is -2.19. The van der Waals surface area contributed by atoms with Crippen LogP contribution in [0.5, 0.6) is 0 Å². The van der Waals surface area contributed by atoms with Crippen LogP contribution in [0, 0.1) is 0 Å². The fourth-order valence-electron chi connectivity index (χ4n) is 3.01. The Morgan fingerprint density at radius 2 is 1.88 bits per heavy atom. The van der Waals surface area contributed by atoms with E-state index in [9.17, 15) is 14.4 Å². The van der Waals surface area contributed by atoms with Crippen molar-refractivity contribution < 1.29 is 23.9 Å². The van der Waals surface area contributed by atoms with Gasteiger partial charge in [0, 0.05) is 24.5 Å². The van der Waals surface area contributed by atoms with E-state index in [0.29, 0.717) is 30.2 Å². The molecule has 0 bridgehead atoms. The number of thiophene rings is 1. The lowest BCUT2D eigenvalue weighted by molar-refractivity contribution is 0.0529. The molecule has 3 rings (SSSR count). The largest absolute Gasteiger partial charge is 0.444 e. The van der Waals surface area contributed by atoms with Crippen molar-refractivity contribution in [3.63, 3.8) is 0 Å². The van der Waals surface area contributed by atoms with Gasteiger partial charge in [-0.1, -0.05) is 0 Å². The lowest BCUT2D eigenvalue weighted by Crippen LogP contribution is -2.35. The highest BCUT2D eigenvalue weighted by atomic mass is 79.9. The molecule has 0 spiro atoms. The van der Waals surface area contributed by atoms with Gasteiger partial charge < -0.3 is 25.4 Å². The molecule has 178 valence electrons. The Balaban J connectivity index is 1.42. The first-order valence-corrected chi connectivity index (χ1v) is 12.0. The Bertz CT molecular complexity index is 989. The van der Waals surface area contributed by atoms with E-state index in [2.05, 4.69) is 31.9 Å². The zero-order valence-corrected chi connectivity index (χ0v) is 21.0. The summed E-state index contributed by atoms with van der Waals surface area (Å²) >= 11 is 4.67. The molecular formula is C22H27BrN4O5S. The molecule has 0 radical (unpaired) electrons. The maximum atomic E-state index is 12.3. The average molecular weight is 539 g/mol. The third-order valence-corrected chi connectivity index (χ3v) is 6.09.